The van der Waals surface area contributed by atoms with Gasteiger partial charge in [0, 0.05) is 24.2 Å². The normalized spacial score (nSPS) is 17.5. The predicted octanol–water partition coefficient (Wildman–Crippen LogP) is 3.10. The number of carbonyl (C=O) groups excluding carboxylic acids is 1. The van der Waals surface area contributed by atoms with Gasteiger partial charge in [0.2, 0.25) is 0 Å². The Bertz CT molecular complexity index is 1400. The van der Waals surface area contributed by atoms with E-state index in [0.717, 1.165) is 0 Å². The number of hydrogen-bond donors (Lipinski definition) is 0. The molecule has 1 aliphatic heterocycles. The minimum atomic E-state index is -3.35. The number of benzene rings is 2. The van der Waals surface area contributed by atoms with Gasteiger partial charge < -0.3 is 9.42 Å². The molecule has 1 unspecified atom stereocenters. The molecule has 0 saturated carbocycles. The fourth-order valence-electron chi connectivity index (χ4n) is 3.83. The zero-order valence-electron chi connectivity index (χ0n) is 18.3. The third-order valence-corrected chi connectivity index (χ3v) is 9.28. The molecule has 4 rings (SSSR count). The van der Waals surface area contributed by atoms with Crippen LogP contribution in [0.3, 0.4) is 0 Å². The summed E-state index contributed by atoms with van der Waals surface area (Å²) in [6.45, 7) is 1.65. The molecule has 11 heteroatoms. The van der Waals surface area contributed by atoms with Crippen LogP contribution < -0.4 is 0 Å². The van der Waals surface area contributed by atoms with Crippen molar-refractivity contribution in [2.75, 3.05) is 17.3 Å². The molecule has 1 aliphatic rings. The van der Waals surface area contributed by atoms with Crippen LogP contribution in [-0.2, 0) is 26.2 Å². The largest absolute Gasteiger partial charge is 0.355 e. The molecule has 1 aromatic heterocycles. The van der Waals surface area contributed by atoms with Crippen LogP contribution in [-0.4, -0.2) is 56.1 Å². The van der Waals surface area contributed by atoms with E-state index < -0.39 is 37.4 Å². The van der Waals surface area contributed by atoms with Gasteiger partial charge in [0.15, 0.2) is 31.1 Å². The van der Waals surface area contributed by atoms with E-state index in [9.17, 15) is 26.0 Å². The second-order valence-electron chi connectivity index (χ2n) is 8.12. The molecule has 1 amide bonds. The van der Waals surface area contributed by atoms with E-state index >= 15 is 0 Å². The molecule has 1 fully saturated rings. The summed E-state index contributed by atoms with van der Waals surface area (Å²) in [5, 5.41) is 3.87. The summed E-state index contributed by atoms with van der Waals surface area (Å²) in [5.41, 5.74) is 1.18. The molecule has 2 aromatic carbocycles. The highest BCUT2D eigenvalue weighted by Gasteiger charge is 2.36. The number of amides is 1. The van der Waals surface area contributed by atoms with Crippen molar-refractivity contribution in [2.24, 2.45) is 0 Å². The van der Waals surface area contributed by atoms with Gasteiger partial charge in [-0.25, -0.2) is 21.2 Å². The summed E-state index contributed by atoms with van der Waals surface area (Å²) in [6.07, 6.45) is 0.299. The van der Waals surface area contributed by atoms with Crippen molar-refractivity contribution in [3.8, 4) is 11.3 Å². The van der Waals surface area contributed by atoms with Crippen LogP contribution in [0.5, 0.6) is 0 Å². The second kappa shape index (κ2) is 9.30. The van der Waals surface area contributed by atoms with Crippen LogP contribution in [0.15, 0.2) is 64.0 Å². The molecule has 3 aromatic rings. The Kier molecular flexibility index (Phi) is 6.59. The maximum atomic E-state index is 13.3. The average molecular weight is 507 g/mol. The standard InChI is InChI=1S/C23H23FN2O6S2/c1-2-34(30,31)20-9-5-17(6-10-20)22-13-21(25-32-22)23(27)26(19-11-12-33(28,29)15-19)14-16-3-7-18(24)8-4-16/h3-10,13,19H,2,11-12,14-15H2,1H3. The lowest BCUT2D eigenvalue weighted by Crippen LogP contribution is -2.40. The van der Waals surface area contributed by atoms with E-state index in [-0.39, 0.29) is 40.2 Å². The number of halogens is 1. The van der Waals surface area contributed by atoms with Gasteiger partial charge in [-0.3, -0.25) is 4.79 Å². The highest BCUT2D eigenvalue weighted by Crippen LogP contribution is 2.26. The lowest BCUT2D eigenvalue weighted by molar-refractivity contribution is 0.0670. The van der Waals surface area contributed by atoms with Crippen molar-refractivity contribution in [3.05, 3.63) is 71.7 Å². The Morgan fingerprint density at radius 2 is 1.82 bits per heavy atom. The molecule has 8 nitrogen and oxygen atoms in total. The summed E-state index contributed by atoms with van der Waals surface area (Å²) >= 11 is 0. The second-order valence-corrected chi connectivity index (χ2v) is 12.6. The maximum Gasteiger partial charge on any atom is 0.276 e. The Balaban J connectivity index is 1.60. The number of nitrogens with zero attached hydrogens (tertiary/aromatic N) is 2. The smallest absolute Gasteiger partial charge is 0.276 e. The van der Waals surface area contributed by atoms with Crippen molar-refractivity contribution in [2.45, 2.75) is 30.8 Å². The number of hydrogen-bond acceptors (Lipinski definition) is 7. The molecule has 1 saturated heterocycles. The fraction of sp³-hybridized carbons (Fsp3) is 0.304. The predicted molar refractivity (Wildman–Crippen MR) is 123 cm³/mol. The van der Waals surface area contributed by atoms with Gasteiger partial charge in [-0.1, -0.05) is 24.2 Å². The molecule has 0 aliphatic carbocycles. The fourth-order valence-corrected chi connectivity index (χ4v) is 6.44. The van der Waals surface area contributed by atoms with Gasteiger partial charge in [-0.05, 0) is 48.4 Å². The minimum Gasteiger partial charge on any atom is -0.355 e. The topological polar surface area (TPSA) is 115 Å². The summed E-state index contributed by atoms with van der Waals surface area (Å²) < 4.78 is 66.7. The molecule has 180 valence electrons. The van der Waals surface area contributed by atoms with E-state index in [0.29, 0.717) is 17.5 Å². The van der Waals surface area contributed by atoms with Crippen molar-refractivity contribution >= 4 is 25.6 Å². The monoisotopic (exact) mass is 506 g/mol. The summed E-state index contributed by atoms with van der Waals surface area (Å²) in [7, 11) is -6.61. The van der Waals surface area contributed by atoms with Crippen LogP contribution in [0, 0.1) is 5.82 Å². The average Bonchev–Trinajstić information content (AvgIpc) is 3.45. The van der Waals surface area contributed by atoms with Gasteiger partial charge in [-0.2, -0.15) is 0 Å². The SMILES string of the molecule is CCS(=O)(=O)c1ccc(-c2cc(C(=O)N(Cc3ccc(F)cc3)C3CCS(=O)(=O)C3)no2)cc1. The molecule has 0 radical (unpaired) electrons. The van der Waals surface area contributed by atoms with Crippen LogP contribution >= 0.6 is 0 Å². The Morgan fingerprint density at radius 3 is 2.41 bits per heavy atom. The van der Waals surface area contributed by atoms with E-state index in [4.69, 9.17) is 4.52 Å². The quantitative estimate of drug-likeness (QED) is 0.484. The van der Waals surface area contributed by atoms with E-state index in [1.807, 2.05) is 0 Å². The Labute approximate surface area is 197 Å². The molecule has 0 spiro atoms. The lowest BCUT2D eigenvalue weighted by atomic mass is 10.1. The first-order valence-corrected chi connectivity index (χ1v) is 14.1. The zero-order valence-corrected chi connectivity index (χ0v) is 20.0. The van der Waals surface area contributed by atoms with Gasteiger partial charge in [0.05, 0.1) is 22.2 Å². The minimum absolute atomic E-state index is 0.00772. The number of rotatable bonds is 7. The first-order valence-electron chi connectivity index (χ1n) is 10.6. The van der Waals surface area contributed by atoms with Crippen LogP contribution in [0.4, 0.5) is 4.39 Å². The molecular weight excluding hydrogens is 483 g/mol. The van der Waals surface area contributed by atoms with Crippen LogP contribution in [0.2, 0.25) is 0 Å². The van der Waals surface area contributed by atoms with Crippen molar-refractivity contribution in [1.82, 2.24) is 10.1 Å². The highest BCUT2D eigenvalue weighted by atomic mass is 32.2. The molecular formula is C23H23FN2O6S2. The van der Waals surface area contributed by atoms with Crippen LogP contribution in [0.25, 0.3) is 11.3 Å². The lowest BCUT2D eigenvalue weighted by Gasteiger charge is -2.27. The molecule has 34 heavy (non-hydrogen) atoms. The van der Waals surface area contributed by atoms with E-state index in [1.165, 1.54) is 35.2 Å². The number of carbonyl (C=O) groups is 1. The van der Waals surface area contributed by atoms with E-state index in [2.05, 4.69) is 5.16 Å². The Hall–Kier alpha value is -3.05. The number of aromatic nitrogens is 1. The summed E-state index contributed by atoms with van der Waals surface area (Å²) in [5.74, 6) is -0.839. The third kappa shape index (κ3) is 5.20. The van der Waals surface area contributed by atoms with Gasteiger partial charge in [0.1, 0.15) is 5.82 Å². The number of sulfone groups is 2. The van der Waals surface area contributed by atoms with Gasteiger partial charge >= 0.3 is 0 Å². The zero-order chi connectivity index (χ0) is 24.5. The maximum absolute atomic E-state index is 13.3. The molecule has 2 heterocycles. The summed E-state index contributed by atoms with van der Waals surface area (Å²) in [6, 6.07) is 12.6. The highest BCUT2D eigenvalue weighted by molar-refractivity contribution is 7.91. The Morgan fingerprint density at radius 1 is 1.15 bits per heavy atom. The molecule has 0 bridgehead atoms. The van der Waals surface area contributed by atoms with Crippen molar-refractivity contribution in [3.63, 3.8) is 0 Å². The molecule has 0 N–H and O–H groups in total. The van der Waals surface area contributed by atoms with Gasteiger partial charge in [0.25, 0.3) is 5.91 Å². The third-order valence-electron chi connectivity index (χ3n) is 5.78. The first kappa shape index (κ1) is 24.1. The first-order chi connectivity index (χ1) is 16.1. The van der Waals surface area contributed by atoms with Crippen molar-refractivity contribution < 1.29 is 30.5 Å². The molecule has 1 atom stereocenters. The van der Waals surface area contributed by atoms with Gasteiger partial charge in [-0.15, -0.1) is 0 Å². The van der Waals surface area contributed by atoms with Crippen molar-refractivity contribution in [1.29, 1.82) is 0 Å². The summed E-state index contributed by atoms with van der Waals surface area (Å²) in [4.78, 5) is 14.9. The van der Waals surface area contributed by atoms with Crippen LogP contribution in [0.1, 0.15) is 29.4 Å². The van der Waals surface area contributed by atoms with E-state index in [1.54, 1.807) is 31.2 Å².